The van der Waals surface area contributed by atoms with E-state index in [0.717, 1.165) is 36.6 Å². The summed E-state index contributed by atoms with van der Waals surface area (Å²) in [6.07, 6.45) is 2.23. The average Bonchev–Trinajstić information content (AvgIpc) is 3.28. The molecule has 2 aromatic carbocycles. The smallest absolute Gasteiger partial charge is 0.127 e. The SMILES string of the molecule is OCC1(CNc2ccc(Oc3ccccc3)cc2)CC1. The first-order valence-electron chi connectivity index (χ1n) is 6.97. The van der Waals surface area contributed by atoms with Gasteiger partial charge < -0.3 is 15.2 Å². The predicted molar refractivity (Wildman–Crippen MR) is 80.2 cm³/mol. The number of anilines is 1. The van der Waals surface area contributed by atoms with Crippen molar-refractivity contribution in [1.29, 1.82) is 0 Å². The minimum atomic E-state index is 0.124. The van der Waals surface area contributed by atoms with Gasteiger partial charge in [0.2, 0.25) is 0 Å². The third-order valence-corrected chi connectivity index (χ3v) is 3.79. The van der Waals surface area contributed by atoms with Crippen molar-refractivity contribution in [3.8, 4) is 11.5 Å². The van der Waals surface area contributed by atoms with Crippen LogP contribution in [0.1, 0.15) is 12.8 Å². The molecule has 104 valence electrons. The van der Waals surface area contributed by atoms with Crippen molar-refractivity contribution < 1.29 is 9.84 Å². The van der Waals surface area contributed by atoms with Crippen LogP contribution in [-0.2, 0) is 0 Å². The van der Waals surface area contributed by atoms with E-state index in [1.807, 2.05) is 54.6 Å². The summed E-state index contributed by atoms with van der Waals surface area (Å²) < 4.78 is 5.74. The van der Waals surface area contributed by atoms with E-state index in [2.05, 4.69) is 5.32 Å². The molecule has 2 aromatic rings. The molecule has 0 heterocycles. The van der Waals surface area contributed by atoms with Crippen LogP contribution < -0.4 is 10.1 Å². The molecule has 1 fully saturated rings. The number of nitrogens with one attached hydrogen (secondary N) is 1. The molecule has 3 nitrogen and oxygen atoms in total. The monoisotopic (exact) mass is 269 g/mol. The quantitative estimate of drug-likeness (QED) is 0.841. The Morgan fingerprint density at radius 3 is 2.20 bits per heavy atom. The summed E-state index contributed by atoms with van der Waals surface area (Å²) in [6.45, 7) is 1.11. The Bertz CT molecular complexity index is 547. The van der Waals surface area contributed by atoms with Crippen molar-refractivity contribution in [2.24, 2.45) is 5.41 Å². The first-order chi connectivity index (χ1) is 9.80. The fourth-order valence-corrected chi connectivity index (χ4v) is 2.12. The van der Waals surface area contributed by atoms with Crippen molar-refractivity contribution in [3.05, 3.63) is 54.6 Å². The highest BCUT2D eigenvalue weighted by Crippen LogP contribution is 2.44. The molecule has 0 radical (unpaired) electrons. The van der Waals surface area contributed by atoms with Gasteiger partial charge in [-0.2, -0.15) is 0 Å². The zero-order chi connectivity index (χ0) is 13.8. The van der Waals surface area contributed by atoms with Crippen LogP contribution in [0, 0.1) is 5.41 Å². The van der Waals surface area contributed by atoms with Crippen LogP contribution in [0.25, 0.3) is 0 Å². The minimum Gasteiger partial charge on any atom is -0.457 e. The summed E-state index contributed by atoms with van der Waals surface area (Å²) in [5, 5.41) is 12.7. The molecule has 3 heteroatoms. The predicted octanol–water partition coefficient (Wildman–Crippen LogP) is 3.66. The molecule has 0 bridgehead atoms. The zero-order valence-corrected chi connectivity index (χ0v) is 11.4. The van der Waals surface area contributed by atoms with E-state index in [0.29, 0.717) is 0 Å². The van der Waals surface area contributed by atoms with Crippen LogP contribution in [0.3, 0.4) is 0 Å². The fourth-order valence-electron chi connectivity index (χ4n) is 2.12. The Balaban J connectivity index is 1.57. The van der Waals surface area contributed by atoms with Crippen LogP contribution in [0.4, 0.5) is 5.69 Å². The summed E-state index contributed by atoms with van der Waals surface area (Å²) >= 11 is 0. The maximum absolute atomic E-state index is 9.28. The van der Waals surface area contributed by atoms with Gasteiger partial charge in [0.1, 0.15) is 11.5 Å². The third-order valence-electron chi connectivity index (χ3n) is 3.79. The van der Waals surface area contributed by atoms with Gasteiger partial charge >= 0.3 is 0 Å². The van der Waals surface area contributed by atoms with Crippen molar-refractivity contribution in [3.63, 3.8) is 0 Å². The standard InChI is InChI=1S/C17H19NO2/c19-13-17(10-11-17)12-18-14-6-8-16(9-7-14)20-15-4-2-1-3-5-15/h1-9,18-19H,10-13H2. The molecule has 0 aromatic heterocycles. The van der Waals surface area contributed by atoms with E-state index in [1.165, 1.54) is 0 Å². The molecule has 1 aliphatic rings. The fraction of sp³-hybridized carbons (Fsp3) is 0.294. The number of hydrogen-bond donors (Lipinski definition) is 2. The highest BCUT2D eigenvalue weighted by molar-refractivity contribution is 5.47. The molecular weight excluding hydrogens is 250 g/mol. The second-order valence-electron chi connectivity index (χ2n) is 5.45. The lowest BCUT2D eigenvalue weighted by molar-refractivity contribution is 0.220. The first kappa shape index (κ1) is 13.0. The molecule has 0 saturated heterocycles. The highest BCUT2D eigenvalue weighted by Gasteiger charge is 2.41. The summed E-state index contributed by atoms with van der Waals surface area (Å²) in [5.41, 5.74) is 1.18. The summed E-state index contributed by atoms with van der Waals surface area (Å²) in [5.74, 6) is 1.66. The Morgan fingerprint density at radius 2 is 1.60 bits per heavy atom. The maximum atomic E-state index is 9.28. The molecule has 1 aliphatic carbocycles. The van der Waals surface area contributed by atoms with Crippen molar-refractivity contribution in [2.45, 2.75) is 12.8 Å². The molecule has 0 aliphatic heterocycles. The Morgan fingerprint density at radius 1 is 0.950 bits per heavy atom. The van der Waals surface area contributed by atoms with Gasteiger partial charge in [0.05, 0.1) is 6.61 Å². The van der Waals surface area contributed by atoms with Gasteiger partial charge in [0.15, 0.2) is 0 Å². The van der Waals surface area contributed by atoms with Gasteiger partial charge in [-0.05, 0) is 49.2 Å². The van der Waals surface area contributed by atoms with Crippen molar-refractivity contribution in [1.82, 2.24) is 0 Å². The lowest BCUT2D eigenvalue weighted by atomic mass is 10.1. The van der Waals surface area contributed by atoms with Crippen LogP contribution in [-0.4, -0.2) is 18.3 Å². The van der Waals surface area contributed by atoms with Crippen molar-refractivity contribution >= 4 is 5.69 Å². The van der Waals surface area contributed by atoms with E-state index < -0.39 is 0 Å². The number of ether oxygens (including phenoxy) is 1. The number of para-hydroxylation sites is 1. The zero-order valence-electron chi connectivity index (χ0n) is 11.4. The number of hydrogen-bond acceptors (Lipinski definition) is 3. The Labute approximate surface area is 119 Å². The summed E-state index contributed by atoms with van der Waals surface area (Å²) in [6, 6.07) is 17.7. The molecular formula is C17H19NO2. The molecule has 3 rings (SSSR count). The topological polar surface area (TPSA) is 41.5 Å². The molecule has 0 atom stereocenters. The molecule has 1 saturated carbocycles. The van der Waals surface area contributed by atoms with Gasteiger partial charge in [-0.15, -0.1) is 0 Å². The number of rotatable bonds is 6. The van der Waals surface area contributed by atoms with E-state index in [-0.39, 0.29) is 12.0 Å². The normalized spacial score (nSPS) is 15.7. The molecule has 0 unspecified atom stereocenters. The second kappa shape index (κ2) is 5.55. The van der Waals surface area contributed by atoms with Crippen LogP contribution in [0.5, 0.6) is 11.5 Å². The molecule has 0 spiro atoms. The van der Waals surface area contributed by atoms with Gasteiger partial charge in [-0.1, -0.05) is 18.2 Å². The molecule has 2 N–H and O–H groups in total. The van der Waals surface area contributed by atoms with Gasteiger partial charge in [0, 0.05) is 17.6 Å². The van der Waals surface area contributed by atoms with Crippen molar-refractivity contribution in [2.75, 3.05) is 18.5 Å². The summed E-state index contributed by atoms with van der Waals surface area (Å²) in [4.78, 5) is 0. The van der Waals surface area contributed by atoms with E-state index >= 15 is 0 Å². The maximum Gasteiger partial charge on any atom is 0.127 e. The van der Waals surface area contributed by atoms with Gasteiger partial charge in [0.25, 0.3) is 0 Å². The second-order valence-corrected chi connectivity index (χ2v) is 5.45. The van der Waals surface area contributed by atoms with E-state index in [4.69, 9.17) is 4.74 Å². The Hall–Kier alpha value is -2.00. The first-order valence-corrected chi connectivity index (χ1v) is 6.97. The third kappa shape index (κ3) is 3.11. The average molecular weight is 269 g/mol. The van der Waals surface area contributed by atoms with E-state index in [9.17, 15) is 5.11 Å². The largest absolute Gasteiger partial charge is 0.457 e. The van der Waals surface area contributed by atoms with Gasteiger partial charge in [-0.3, -0.25) is 0 Å². The van der Waals surface area contributed by atoms with Crippen LogP contribution >= 0.6 is 0 Å². The number of benzene rings is 2. The summed E-state index contributed by atoms with van der Waals surface area (Å²) in [7, 11) is 0. The minimum absolute atomic E-state index is 0.124. The lowest BCUT2D eigenvalue weighted by Crippen LogP contribution is -2.18. The number of aliphatic hydroxyl groups is 1. The lowest BCUT2D eigenvalue weighted by Gasteiger charge is -2.14. The Kier molecular flexibility index (Phi) is 3.61. The molecule has 20 heavy (non-hydrogen) atoms. The van der Waals surface area contributed by atoms with Gasteiger partial charge in [-0.25, -0.2) is 0 Å². The van der Waals surface area contributed by atoms with E-state index in [1.54, 1.807) is 0 Å². The van der Waals surface area contributed by atoms with Crippen LogP contribution in [0.2, 0.25) is 0 Å². The van der Waals surface area contributed by atoms with Crippen LogP contribution in [0.15, 0.2) is 54.6 Å². The molecule has 0 amide bonds. The number of aliphatic hydroxyl groups excluding tert-OH is 1. The highest BCUT2D eigenvalue weighted by atomic mass is 16.5.